The second-order valence-corrected chi connectivity index (χ2v) is 4.72. The predicted octanol–water partition coefficient (Wildman–Crippen LogP) is 0.477. The van der Waals surface area contributed by atoms with E-state index >= 15 is 0 Å². The topological polar surface area (TPSA) is 69.6 Å². The number of nitrogens with zero attached hydrogens (tertiary/aromatic N) is 4. The first-order valence-corrected chi connectivity index (χ1v) is 6.84. The van der Waals surface area contributed by atoms with Crippen molar-refractivity contribution in [2.24, 2.45) is 5.73 Å². The molecule has 5 nitrogen and oxygen atoms in total. The molecule has 0 fully saturated rings. The van der Waals surface area contributed by atoms with E-state index in [9.17, 15) is 0 Å². The van der Waals surface area contributed by atoms with Gasteiger partial charge in [-0.05, 0) is 28.9 Å². The first-order valence-electron chi connectivity index (χ1n) is 4.46. The molecular formula is C7H15N5S2. The zero-order chi connectivity index (χ0) is 10.2. The molecule has 0 aliphatic heterocycles. The van der Waals surface area contributed by atoms with Crippen molar-refractivity contribution >= 4 is 23.5 Å². The molecule has 14 heavy (non-hydrogen) atoms. The predicted molar refractivity (Wildman–Crippen MR) is 60.6 cm³/mol. The summed E-state index contributed by atoms with van der Waals surface area (Å²) >= 11 is 3.55. The van der Waals surface area contributed by atoms with E-state index in [1.54, 1.807) is 16.4 Å². The summed E-state index contributed by atoms with van der Waals surface area (Å²) in [6.07, 6.45) is 3.30. The number of aromatic nitrogens is 4. The minimum absolute atomic E-state index is 0.573. The van der Waals surface area contributed by atoms with Gasteiger partial charge in [0.05, 0.1) is 6.54 Å². The molecule has 0 saturated carbocycles. The van der Waals surface area contributed by atoms with Crippen LogP contribution in [0.4, 0.5) is 0 Å². The van der Waals surface area contributed by atoms with E-state index in [1.165, 1.54) is 12.2 Å². The number of thioether (sulfide) groups is 2. The first kappa shape index (κ1) is 11.8. The molecule has 7 heteroatoms. The Bertz CT molecular complexity index is 252. The Kier molecular flexibility index (Phi) is 5.97. The van der Waals surface area contributed by atoms with Crippen molar-refractivity contribution in [1.82, 2.24) is 20.2 Å². The number of rotatable bonds is 7. The maximum Gasteiger partial charge on any atom is 0.209 e. The third-order valence-electron chi connectivity index (χ3n) is 1.56. The summed E-state index contributed by atoms with van der Waals surface area (Å²) in [5.41, 5.74) is 5.44. The van der Waals surface area contributed by atoms with Gasteiger partial charge in [0.2, 0.25) is 5.16 Å². The van der Waals surface area contributed by atoms with Crippen LogP contribution in [0.2, 0.25) is 0 Å². The number of hydrogen-bond donors (Lipinski definition) is 1. The molecular weight excluding hydrogens is 218 g/mol. The van der Waals surface area contributed by atoms with E-state index < -0.39 is 0 Å². The van der Waals surface area contributed by atoms with Crippen molar-refractivity contribution in [3.63, 3.8) is 0 Å². The third kappa shape index (κ3) is 3.85. The third-order valence-corrected chi connectivity index (χ3v) is 3.30. The largest absolute Gasteiger partial charge is 0.329 e. The van der Waals surface area contributed by atoms with Gasteiger partial charge in [-0.15, -0.1) is 5.10 Å². The number of tetrazole rings is 1. The fraction of sp³-hybridized carbons (Fsp3) is 0.857. The second kappa shape index (κ2) is 7.08. The normalized spacial score (nSPS) is 10.7. The summed E-state index contributed by atoms with van der Waals surface area (Å²) in [6, 6.07) is 0. The Hall–Kier alpha value is -0.270. The van der Waals surface area contributed by atoms with E-state index in [0.29, 0.717) is 13.1 Å². The summed E-state index contributed by atoms with van der Waals surface area (Å²) in [5.74, 6) is 2.25. The van der Waals surface area contributed by atoms with Crippen molar-refractivity contribution in [3.8, 4) is 0 Å². The SMILES string of the molecule is CSCCCSc1nnnn1CCN. The van der Waals surface area contributed by atoms with Gasteiger partial charge < -0.3 is 5.73 Å². The highest BCUT2D eigenvalue weighted by atomic mass is 32.2. The van der Waals surface area contributed by atoms with Crippen LogP contribution in [0.3, 0.4) is 0 Å². The zero-order valence-corrected chi connectivity index (χ0v) is 9.85. The fourth-order valence-electron chi connectivity index (χ4n) is 0.929. The minimum Gasteiger partial charge on any atom is -0.329 e. The molecule has 0 radical (unpaired) electrons. The molecule has 1 aromatic rings. The Balaban J connectivity index is 2.30. The van der Waals surface area contributed by atoms with Gasteiger partial charge in [0.25, 0.3) is 0 Å². The van der Waals surface area contributed by atoms with Crippen LogP contribution in [-0.4, -0.2) is 44.5 Å². The molecule has 0 amide bonds. The molecule has 0 unspecified atom stereocenters. The van der Waals surface area contributed by atoms with Gasteiger partial charge in [-0.3, -0.25) is 0 Å². The summed E-state index contributed by atoms with van der Waals surface area (Å²) in [5, 5.41) is 12.3. The van der Waals surface area contributed by atoms with Crippen LogP contribution < -0.4 is 5.73 Å². The van der Waals surface area contributed by atoms with E-state index in [2.05, 4.69) is 21.8 Å². The smallest absolute Gasteiger partial charge is 0.209 e. The molecule has 0 aliphatic rings. The molecule has 0 aliphatic carbocycles. The van der Waals surface area contributed by atoms with Crippen molar-refractivity contribution in [2.75, 3.05) is 24.3 Å². The highest BCUT2D eigenvalue weighted by Crippen LogP contribution is 2.15. The summed E-state index contributed by atoms with van der Waals surface area (Å²) in [4.78, 5) is 0. The van der Waals surface area contributed by atoms with Gasteiger partial charge in [0.15, 0.2) is 0 Å². The number of hydrogen-bond acceptors (Lipinski definition) is 6. The van der Waals surface area contributed by atoms with Gasteiger partial charge in [-0.2, -0.15) is 11.8 Å². The minimum atomic E-state index is 0.573. The maximum atomic E-state index is 5.44. The Morgan fingerprint density at radius 1 is 1.43 bits per heavy atom. The van der Waals surface area contributed by atoms with Crippen LogP contribution >= 0.6 is 23.5 Å². The lowest BCUT2D eigenvalue weighted by molar-refractivity contribution is 0.557. The van der Waals surface area contributed by atoms with E-state index in [0.717, 1.165) is 10.9 Å². The van der Waals surface area contributed by atoms with Crippen LogP contribution in [0.1, 0.15) is 6.42 Å². The fourth-order valence-corrected chi connectivity index (χ4v) is 2.39. The molecule has 1 heterocycles. The first-order chi connectivity index (χ1) is 6.88. The highest BCUT2D eigenvalue weighted by molar-refractivity contribution is 7.99. The van der Waals surface area contributed by atoms with Crippen LogP contribution in [0.25, 0.3) is 0 Å². The molecule has 0 spiro atoms. The summed E-state index contributed by atoms with van der Waals surface area (Å²) < 4.78 is 1.75. The van der Waals surface area contributed by atoms with Crippen LogP contribution in [-0.2, 0) is 6.54 Å². The molecule has 2 N–H and O–H groups in total. The Labute approximate surface area is 92.2 Å². The van der Waals surface area contributed by atoms with E-state index in [4.69, 9.17) is 5.73 Å². The molecule has 80 valence electrons. The van der Waals surface area contributed by atoms with Crippen molar-refractivity contribution in [1.29, 1.82) is 0 Å². The second-order valence-electron chi connectivity index (χ2n) is 2.67. The average molecular weight is 233 g/mol. The van der Waals surface area contributed by atoms with Gasteiger partial charge in [-0.25, -0.2) is 4.68 Å². The van der Waals surface area contributed by atoms with Crippen LogP contribution in [0.5, 0.6) is 0 Å². The average Bonchev–Trinajstić information content (AvgIpc) is 2.61. The van der Waals surface area contributed by atoms with E-state index in [1.807, 2.05) is 11.8 Å². The zero-order valence-electron chi connectivity index (χ0n) is 8.22. The van der Waals surface area contributed by atoms with Gasteiger partial charge >= 0.3 is 0 Å². The molecule has 1 rings (SSSR count). The Morgan fingerprint density at radius 3 is 3.00 bits per heavy atom. The summed E-state index contributed by atoms with van der Waals surface area (Å²) in [6.45, 7) is 1.27. The molecule has 0 aromatic carbocycles. The van der Waals surface area contributed by atoms with Crippen molar-refractivity contribution in [2.45, 2.75) is 18.1 Å². The quantitative estimate of drug-likeness (QED) is 0.545. The maximum absolute atomic E-state index is 5.44. The molecule has 0 bridgehead atoms. The van der Waals surface area contributed by atoms with Crippen LogP contribution in [0.15, 0.2) is 5.16 Å². The lowest BCUT2D eigenvalue weighted by atomic mass is 10.6. The van der Waals surface area contributed by atoms with Gasteiger partial charge in [0, 0.05) is 12.3 Å². The standard InChI is InChI=1S/C7H15N5S2/c1-13-5-2-6-14-7-9-10-11-12(7)4-3-8/h2-6,8H2,1H3. The van der Waals surface area contributed by atoms with Gasteiger partial charge in [0.1, 0.15) is 0 Å². The Morgan fingerprint density at radius 2 is 2.29 bits per heavy atom. The molecule has 0 atom stereocenters. The lowest BCUT2D eigenvalue weighted by Crippen LogP contribution is -2.12. The lowest BCUT2D eigenvalue weighted by Gasteiger charge is -2.01. The highest BCUT2D eigenvalue weighted by Gasteiger charge is 2.04. The number of nitrogens with two attached hydrogens (primary N) is 1. The van der Waals surface area contributed by atoms with Crippen LogP contribution in [0, 0.1) is 0 Å². The molecule has 1 aromatic heterocycles. The monoisotopic (exact) mass is 233 g/mol. The summed E-state index contributed by atoms with van der Waals surface area (Å²) in [7, 11) is 0. The molecule has 0 saturated heterocycles. The van der Waals surface area contributed by atoms with Gasteiger partial charge in [-0.1, -0.05) is 11.8 Å². The van der Waals surface area contributed by atoms with Crippen molar-refractivity contribution < 1.29 is 0 Å². The van der Waals surface area contributed by atoms with Crippen molar-refractivity contribution in [3.05, 3.63) is 0 Å². The van der Waals surface area contributed by atoms with E-state index in [-0.39, 0.29) is 0 Å².